The summed E-state index contributed by atoms with van der Waals surface area (Å²) in [5.41, 5.74) is -0.877. The zero-order chi connectivity index (χ0) is 14.5. The second-order valence-electron chi connectivity index (χ2n) is 5.25. The van der Waals surface area contributed by atoms with Crippen LogP contribution < -0.4 is 5.32 Å². The van der Waals surface area contributed by atoms with Gasteiger partial charge in [-0.1, -0.05) is 13.0 Å². The van der Waals surface area contributed by atoms with Crippen molar-refractivity contribution in [2.45, 2.75) is 45.8 Å². The van der Waals surface area contributed by atoms with E-state index in [2.05, 4.69) is 12.2 Å². The van der Waals surface area contributed by atoms with Crippen molar-refractivity contribution in [3.05, 3.63) is 22.4 Å². The van der Waals surface area contributed by atoms with Crippen molar-refractivity contribution in [1.29, 1.82) is 0 Å². The molecule has 0 aliphatic carbocycles. The summed E-state index contributed by atoms with van der Waals surface area (Å²) in [5.74, 6) is 0. The highest BCUT2D eigenvalue weighted by atomic mass is 32.1. The SMILES string of the molecule is CCC(NC(=O)N(CC)CC(C)(C)O)c1cccs1. The van der Waals surface area contributed by atoms with Gasteiger partial charge >= 0.3 is 6.03 Å². The van der Waals surface area contributed by atoms with Gasteiger partial charge in [-0.15, -0.1) is 11.3 Å². The third-order valence-electron chi connectivity index (χ3n) is 2.84. The maximum Gasteiger partial charge on any atom is 0.317 e. The first kappa shape index (κ1) is 16.0. The number of aliphatic hydroxyl groups is 1. The summed E-state index contributed by atoms with van der Waals surface area (Å²) < 4.78 is 0. The number of nitrogens with zero attached hydrogens (tertiary/aromatic N) is 1. The summed E-state index contributed by atoms with van der Waals surface area (Å²) in [4.78, 5) is 15.0. The number of amides is 2. The predicted molar refractivity (Wildman–Crippen MR) is 79.4 cm³/mol. The lowest BCUT2D eigenvalue weighted by Crippen LogP contribution is -2.47. The minimum Gasteiger partial charge on any atom is -0.389 e. The number of rotatable bonds is 6. The van der Waals surface area contributed by atoms with Crippen LogP contribution in [0, 0.1) is 0 Å². The Morgan fingerprint density at radius 1 is 1.53 bits per heavy atom. The molecule has 5 heteroatoms. The zero-order valence-corrected chi connectivity index (χ0v) is 13.0. The van der Waals surface area contributed by atoms with Gasteiger partial charge in [0.15, 0.2) is 0 Å². The van der Waals surface area contributed by atoms with Crippen LogP contribution in [0.4, 0.5) is 4.79 Å². The number of carbonyl (C=O) groups is 1. The molecule has 0 spiro atoms. The van der Waals surface area contributed by atoms with Crippen LogP contribution in [0.3, 0.4) is 0 Å². The smallest absolute Gasteiger partial charge is 0.317 e. The number of hydrogen-bond donors (Lipinski definition) is 2. The summed E-state index contributed by atoms with van der Waals surface area (Å²) >= 11 is 1.65. The Labute approximate surface area is 119 Å². The predicted octanol–water partition coefficient (Wildman–Crippen LogP) is 3.00. The van der Waals surface area contributed by atoms with Crippen LogP contribution in [0.15, 0.2) is 17.5 Å². The number of likely N-dealkylation sites (N-methyl/N-ethyl adjacent to an activating group) is 1. The molecule has 4 nitrogen and oxygen atoms in total. The van der Waals surface area contributed by atoms with Gasteiger partial charge in [0, 0.05) is 11.4 Å². The Balaban J connectivity index is 2.65. The lowest BCUT2D eigenvalue weighted by atomic mass is 10.1. The lowest BCUT2D eigenvalue weighted by Gasteiger charge is -2.29. The second kappa shape index (κ2) is 6.91. The lowest BCUT2D eigenvalue weighted by molar-refractivity contribution is 0.0475. The van der Waals surface area contributed by atoms with E-state index in [1.165, 1.54) is 0 Å². The zero-order valence-electron chi connectivity index (χ0n) is 12.1. The topological polar surface area (TPSA) is 52.6 Å². The average molecular weight is 284 g/mol. The molecule has 0 aliphatic rings. The molecular weight excluding hydrogens is 260 g/mol. The molecule has 2 amide bonds. The van der Waals surface area contributed by atoms with E-state index in [-0.39, 0.29) is 12.1 Å². The molecule has 1 aromatic rings. The van der Waals surface area contributed by atoms with Crippen LogP contribution in [0.2, 0.25) is 0 Å². The molecule has 0 aliphatic heterocycles. The van der Waals surface area contributed by atoms with Crippen LogP contribution in [0.1, 0.15) is 45.0 Å². The fourth-order valence-electron chi connectivity index (χ4n) is 1.90. The Bertz CT molecular complexity index is 385. The Morgan fingerprint density at radius 3 is 2.63 bits per heavy atom. The summed E-state index contributed by atoms with van der Waals surface area (Å²) in [5, 5.41) is 14.9. The van der Waals surface area contributed by atoms with Crippen LogP contribution in [-0.4, -0.2) is 34.7 Å². The van der Waals surface area contributed by atoms with Crippen molar-refractivity contribution < 1.29 is 9.90 Å². The number of thiophene rings is 1. The number of carbonyl (C=O) groups excluding carboxylic acids is 1. The van der Waals surface area contributed by atoms with Gasteiger partial charge < -0.3 is 15.3 Å². The van der Waals surface area contributed by atoms with E-state index >= 15 is 0 Å². The number of nitrogens with one attached hydrogen (secondary N) is 1. The second-order valence-corrected chi connectivity index (χ2v) is 6.23. The van der Waals surface area contributed by atoms with Crippen LogP contribution in [0.25, 0.3) is 0 Å². The first-order valence-electron chi connectivity index (χ1n) is 6.68. The van der Waals surface area contributed by atoms with E-state index in [9.17, 15) is 9.90 Å². The minimum absolute atomic E-state index is 0.0448. The molecule has 0 bridgehead atoms. The number of hydrogen-bond acceptors (Lipinski definition) is 3. The van der Waals surface area contributed by atoms with E-state index in [4.69, 9.17) is 0 Å². The van der Waals surface area contributed by atoms with Crippen LogP contribution in [0.5, 0.6) is 0 Å². The van der Waals surface area contributed by atoms with Crippen molar-refractivity contribution >= 4 is 17.4 Å². The average Bonchev–Trinajstić information content (AvgIpc) is 2.85. The molecule has 1 rings (SSSR count). The van der Waals surface area contributed by atoms with Gasteiger partial charge in [-0.25, -0.2) is 4.79 Å². The van der Waals surface area contributed by atoms with Gasteiger partial charge in [-0.2, -0.15) is 0 Å². The number of urea groups is 1. The molecule has 0 aromatic carbocycles. The standard InChI is InChI=1S/C14H24N2O2S/c1-5-11(12-8-7-9-19-12)15-13(17)16(6-2)10-14(3,4)18/h7-9,11,18H,5-6,10H2,1-4H3,(H,15,17). The quantitative estimate of drug-likeness (QED) is 0.843. The molecule has 0 saturated heterocycles. The van der Waals surface area contributed by atoms with Gasteiger partial charge in [0.25, 0.3) is 0 Å². The fraction of sp³-hybridized carbons (Fsp3) is 0.643. The maximum absolute atomic E-state index is 12.2. The van der Waals surface area contributed by atoms with Gasteiger partial charge in [0.1, 0.15) is 0 Å². The first-order valence-corrected chi connectivity index (χ1v) is 7.56. The molecule has 1 heterocycles. The summed E-state index contributed by atoms with van der Waals surface area (Å²) in [6, 6.07) is 3.95. The third kappa shape index (κ3) is 5.20. The fourth-order valence-corrected chi connectivity index (χ4v) is 2.76. The molecule has 0 fully saturated rings. The van der Waals surface area contributed by atoms with Crippen molar-refractivity contribution in [1.82, 2.24) is 10.2 Å². The van der Waals surface area contributed by atoms with Gasteiger partial charge in [-0.05, 0) is 38.6 Å². The molecule has 0 radical (unpaired) electrons. The highest BCUT2D eigenvalue weighted by Gasteiger charge is 2.23. The van der Waals surface area contributed by atoms with E-state index in [0.717, 1.165) is 11.3 Å². The molecule has 1 atom stereocenters. The van der Waals surface area contributed by atoms with Crippen molar-refractivity contribution in [3.8, 4) is 0 Å². The summed E-state index contributed by atoms with van der Waals surface area (Å²) in [6.45, 7) is 8.29. The Hall–Kier alpha value is -1.07. The molecule has 1 unspecified atom stereocenters. The normalized spacial score (nSPS) is 13.1. The highest BCUT2D eigenvalue weighted by Crippen LogP contribution is 2.22. The Morgan fingerprint density at radius 2 is 2.21 bits per heavy atom. The summed E-state index contributed by atoms with van der Waals surface area (Å²) in [7, 11) is 0. The van der Waals surface area contributed by atoms with Gasteiger partial charge in [-0.3, -0.25) is 0 Å². The van der Waals surface area contributed by atoms with E-state index in [1.807, 2.05) is 24.4 Å². The van der Waals surface area contributed by atoms with Gasteiger partial charge in [0.2, 0.25) is 0 Å². The molecule has 1 aromatic heterocycles. The van der Waals surface area contributed by atoms with Crippen LogP contribution in [-0.2, 0) is 0 Å². The minimum atomic E-state index is -0.877. The maximum atomic E-state index is 12.2. The highest BCUT2D eigenvalue weighted by molar-refractivity contribution is 7.10. The monoisotopic (exact) mass is 284 g/mol. The molecule has 2 N–H and O–H groups in total. The molecule has 19 heavy (non-hydrogen) atoms. The summed E-state index contributed by atoms with van der Waals surface area (Å²) in [6.07, 6.45) is 0.853. The van der Waals surface area contributed by atoms with E-state index < -0.39 is 5.60 Å². The van der Waals surface area contributed by atoms with E-state index in [1.54, 1.807) is 30.1 Å². The van der Waals surface area contributed by atoms with Crippen molar-refractivity contribution in [3.63, 3.8) is 0 Å². The first-order chi connectivity index (χ1) is 8.87. The molecule has 108 valence electrons. The van der Waals surface area contributed by atoms with Crippen molar-refractivity contribution in [2.24, 2.45) is 0 Å². The molecule has 0 saturated carbocycles. The van der Waals surface area contributed by atoms with Gasteiger partial charge in [0.05, 0.1) is 18.2 Å². The Kier molecular flexibility index (Phi) is 5.82. The molecular formula is C14H24N2O2S. The van der Waals surface area contributed by atoms with E-state index in [0.29, 0.717) is 13.1 Å². The third-order valence-corrected chi connectivity index (χ3v) is 3.83. The van der Waals surface area contributed by atoms with Crippen molar-refractivity contribution in [2.75, 3.05) is 13.1 Å². The van der Waals surface area contributed by atoms with Crippen LogP contribution >= 0.6 is 11.3 Å². The largest absolute Gasteiger partial charge is 0.389 e.